The maximum Gasteiger partial charge on any atom is 0.227 e. The monoisotopic (exact) mass is 413 g/mol. The number of nitrogens with one attached hydrogen (secondary N) is 1. The molecule has 0 unspecified atom stereocenters. The summed E-state index contributed by atoms with van der Waals surface area (Å²) in [5.41, 5.74) is 2.87. The summed E-state index contributed by atoms with van der Waals surface area (Å²) in [6, 6.07) is 8.60. The summed E-state index contributed by atoms with van der Waals surface area (Å²) >= 11 is 0. The van der Waals surface area contributed by atoms with Crippen LogP contribution in [0.1, 0.15) is 24.5 Å². The fourth-order valence-electron chi connectivity index (χ4n) is 4.06. The van der Waals surface area contributed by atoms with E-state index >= 15 is 0 Å². The number of carbonyl (C=O) groups excluding carboxylic acids is 3. The van der Waals surface area contributed by atoms with Gasteiger partial charge in [0.05, 0.1) is 5.92 Å². The van der Waals surface area contributed by atoms with Gasteiger partial charge in [0.1, 0.15) is 11.6 Å². The van der Waals surface area contributed by atoms with Crippen molar-refractivity contribution in [2.75, 3.05) is 22.9 Å². The summed E-state index contributed by atoms with van der Waals surface area (Å²) in [5.74, 6) is -2.47. The molecule has 4 rings (SSSR count). The first-order valence-electron chi connectivity index (χ1n) is 9.76. The summed E-state index contributed by atoms with van der Waals surface area (Å²) < 4.78 is 26.6. The van der Waals surface area contributed by atoms with E-state index in [0.717, 1.165) is 35.9 Å². The SMILES string of the molecule is CC(=O)N1CCc2cc(N3C[C@H](C(=O)NCc4cc(F)cc(F)c4)CC3=O)ccc21. The molecule has 1 atom stereocenters. The molecule has 1 fully saturated rings. The molecule has 8 heteroatoms. The van der Waals surface area contributed by atoms with Crippen LogP contribution in [0.15, 0.2) is 36.4 Å². The van der Waals surface area contributed by atoms with Crippen LogP contribution in [0.4, 0.5) is 20.2 Å². The largest absolute Gasteiger partial charge is 0.352 e. The molecule has 2 aliphatic rings. The molecule has 3 amide bonds. The Morgan fingerprint density at radius 2 is 1.87 bits per heavy atom. The number of hydrogen-bond acceptors (Lipinski definition) is 3. The van der Waals surface area contributed by atoms with E-state index in [1.165, 1.54) is 6.92 Å². The lowest BCUT2D eigenvalue weighted by molar-refractivity contribution is -0.126. The van der Waals surface area contributed by atoms with Crippen molar-refractivity contribution in [1.82, 2.24) is 5.32 Å². The molecule has 2 aromatic rings. The first-order chi connectivity index (χ1) is 14.3. The second-order valence-corrected chi connectivity index (χ2v) is 7.63. The average molecular weight is 413 g/mol. The molecule has 0 saturated carbocycles. The molecular weight excluding hydrogens is 392 g/mol. The van der Waals surface area contributed by atoms with Crippen molar-refractivity contribution >= 4 is 29.1 Å². The Morgan fingerprint density at radius 1 is 1.13 bits per heavy atom. The summed E-state index contributed by atoms with van der Waals surface area (Å²) in [7, 11) is 0. The lowest BCUT2D eigenvalue weighted by atomic mass is 10.1. The molecule has 6 nitrogen and oxygen atoms in total. The van der Waals surface area contributed by atoms with Crippen molar-refractivity contribution in [3.63, 3.8) is 0 Å². The van der Waals surface area contributed by atoms with Crippen molar-refractivity contribution in [1.29, 1.82) is 0 Å². The van der Waals surface area contributed by atoms with Crippen LogP contribution in [-0.2, 0) is 27.3 Å². The Labute approximate surface area is 172 Å². The van der Waals surface area contributed by atoms with Gasteiger partial charge in [0.2, 0.25) is 17.7 Å². The molecule has 1 saturated heterocycles. The Balaban J connectivity index is 1.42. The number of rotatable bonds is 4. The van der Waals surface area contributed by atoms with Gasteiger partial charge in [-0.25, -0.2) is 8.78 Å². The van der Waals surface area contributed by atoms with Crippen LogP contribution < -0.4 is 15.1 Å². The van der Waals surface area contributed by atoms with Gasteiger partial charge in [-0.3, -0.25) is 14.4 Å². The third-order valence-corrected chi connectivity index (χ3v) is 5.54. The maximum absolute atomic E-state index is 13.3. The van der Waals surface area contributed by atoms with Gasteiger partial charge in [0, 0.05) is 50.4 Å². The van der Waals surface area contributed by atoms with E-state index in [0.29, 0.717) is 17.8 Å². The second kappa shape index (κ2) is 7.85. The van der Waals surface area contributed by atoms with Crippen LogP contribution in [0.2, 0.25) is 0 Å². The van der Waals surface area contributed by atoms with Crippen molar-refractivity contribution in [2.24, 2.45) is 5.92 Å². The minimum absolute atomic E-state index is 0.0159. The van der Waals surface area contributed by atoms with Gasteiger partial charge in [0.15, 0.2) is 0 Å². The Morgan fingerprint density at radius 3 is 2.57 bits per heavy atom. The highest BCUT2D eigenvalue weighted by Crippen LogP contribution is 2.34. The van der Waals surface area contributed by atoms with Gasteiger partial charge in [-0.2, -0.15) is 0 Å². The number of halogens is 2. The van der Waals surface area contributed by atoms with Crippen molar-refractivity contribution in [2.45, 2.75) is 26.3 Å². The topological polar surface area (TPSA) is 69.7 Å². The van der Waals surface area contributed by atoms with E-state index in [4.69, 9.17) is 0 Å². The molecule has 0 aliphatic carbocycles. The van der Waals surface area contributed by atoms with Crippen LogP contribution in [0.3, 0.4) is 0 Å². The molecule has 1 N–H and O–H groups in total. The minimum Gasteiger partial charge on any atom is -0.352 e. The number of fused-ring (bicyclic) bond motifs is 1. The van der Waals surface area contributed by atoms with Crippen LogP contribution in [0.25, 0.3) is 0 Å². The standard InChI is InChI=1S/C22H21F2N3O3/c1-13(28)26-5-4-15-8-19(2-3-20(15)26)27-12-16(9-21(27)29)22(30)25-11-14-6-17(23)10-18(24)7-14/h2-3,6-8,10,16H,4-5,9,11-12H2,1H3,(H,25,30)/t16-/m1/s1. The second-order valence-electron chi connectivity index (χ2n) is 7.63. The lowest BCUT2D eigenvalue weighted by Gasteiger charge is -2.19. The maximum atomic E-state index is 13.3. The van der Waals surface area contributed by atoms with E-state index in [1.807, 2.05) is 12.1 Å². The molecule has 2 aliphatic heterocycles. The molecule has 30 heavy (non-hydrogen) atoms. The molecule has 0 radical (unpaired) electrons. The van der Waals surface area contributed by atoms with Crippen LogP contribution in [-0.4, -0.2) is 30.8 Å². The van der Waals surface area contributed by atoms with Crippen LogP contribution >= 0.6 is 0 Å². The smallest absolute Gasteiger partial charge is 0.227 e. The predicted octanol–water partition coefficient (Wildman–Crippen LogP) is 2.54. The van der Waals surface area contributed by atoms with Crippen molar-refractivity contribution in [3.05, 3.63) is 59.2 Å². The highest BCUT2D eigenvalue weighted by Gasteiger charge is 2.35. The number of hydrogen-bond donors (Lipinski definition) is 1. The summed E-state index contributed by atoms with van der Waals surface area (Å²) in [5, 5.41) is 2.65. The molecule has 0 bridgehead atoms. The first kappa shape index (κ1) is 20.0. The van der Waals surface area contributed by atoms with E-state index in [-0.39, 0.29) is 37.2 Å². The molecule has 2 aromatic carbocycles. The van der Waals surface area contributed by atoms with Gasteiger partial charge >= 0.3 is 0 Å². The zero-order valence-corrected chi connectivity index (χ0v) is 16.5. The Bertz CT molecular complexity index is 1020. The predicted molar refractivity (Wildman–Crippen MR) is 107 cm³/mol. The molecule has 0 spiro atoms. The summed E-state index contributed by atoms with van der Waals surface area (Å²) in [6.45, 7) is 2.36. The van der Waals surface area contributed by atoms with Crippen LogP contribution in [0.5, 0.6) is 0 Å². The zero-order valence-electron chi connectivity index (χ0n) is 16.5. The summed E-state index contributed by atoms with van der Waals surface area (Å²) in [4.78, 5) is 40.0. The van der Waals surface area contributed by atoms with Gasteiger partial charge in [0.25, 0.3) is 0 Å². The molecule has 0 aromatic heterocycles. The number of nitrogens with zero attached hydrogens (tertiary/aromatic N) is 2. The summed E-state index contributed by atoms with van der Waals surface area (Å²) in [6.07, 6.45) is 0.791. The third-order valence-electron chi connectivity index (χ3n) is 5.54. The first-order valence-corrected chi connectivity index (χ1v) is 9.76. The lowest BCUT2D eigenvalue weighted by Crippen LogP contribution is -2.32. The molecule has 2 heterocycles. The quantitative estimate of drug-likeness (QED) is 0.838. The Kier molecular flexibility index (Phi) is 5.24. The molecule has 156 valence electrons. The molecular formula is C22H21F2N3O3. The highest BCUT2D eigenvalue weighted by atomic mass is 19.1. The number of anilines is 2. The van der Waals surface area contributed by atoms with Crippen molar-refractivity contribution < 1.29 is 23.2 Å². The van der Waals surface area contributed by atoms with Crippen molar-refractivity contribution in [3.8, 4) is 0 Å². The minimum atomic E-state index is -0.707. The Hall–Kier alpha value is -3.29. The van der Waals surface area contributed by atoms with E-state index in [1.54, 1.807) is 15.9 Å². The number of benzene rings is 2. The van der Waals surface area contributed by atoms with E-state index < -0.39 is 17.6 Å². The number of carbonyl (C=O) groups is 3. The van der Waals surface area contributed by atoms with Gasteiger partial charge < -0.3 is 15.1 Å². The van der Waals surface area contributed by atoms with Gasteiger partial charge in [-0.15, -0.1) is 0 Å². The average Bonchev–Trinajstić information content (AvgIpc) is 3.28. The van der Waals surface area contributed by atoms with E-state index in [9.17, 15) is 23.2 Å². The zero-order chi connectivity index (χ0) is 21.4. The van der Waals surface area contributed by atoms with Gasteiger partial charge in [-0.1, -0.05) is 0 Å². The highest BCUT2D eigenvalue weighted by molar-refractivity contribution is 6.01. The number of amides is 3. The van der Waals surface area contributed by atoms with E-state index in [2.05, 4.69) is 5.32 Å². The van der Waals surface area contributed by atoms with Crippen LogP contribution in [0, 0.1) is 17.6 Å². The fraction of sp³-hybridized carbons (Fsp3) is 0.318. The normalized spacial score (nSPS) is 18.0. The third kappa shape index (κ3) is 3.90. The van der Waals surface area contributed by atoms with Gasteiger partial charge in [-0.05, 0) is 47.9 Å². The fourth-order valence-corrected chi connectivity index (χ4v) is 4.06.